The van der Waals surface area contributed by atoms with E-state index in [9.17, 15) is 9.59 Å². The largest absolute Gasteiger partial charge is 0.497 e. The predicted octanol–water partition coefficient (Wildman–Crippen LogP) is 2.26. The minimum atomic E-state index is -2.68. The topological polar surface area (TPSA) is 49.9 Å². The van der Waals surface area contributed by atoms with Gasteiger partial charge in [-0.05, 0) is 24.1 Å². The number of methoxy groups -OCH3 is 1. The molecular weight excluding hydrogens is 342 g/mol. The fraction of sp³-hybridized carbons (Fsp3) is 0.474. The Hall–Kier alpha value is -2.44. The molecule has 2 amide bonds. The van der Waals surface area contributed by atoms with Crippen LogP contribution in [0.4, 0.5) is 8.78 Å². The molecule has 2 atom stereocenters. The van der Waals surface area contributed by atoms with E-state index in [1.54, 1.807) is 30.3 Å². The third-order valence-electron chi connectivity index (χ3n) is 5.05. The Labute approximate surface area is 151 Å². The van der Waals surface area contributed by atoms with Gasteiger partial charge in [-0.25, -0.2) is 8.78 Å². The molecule has 3 rings (SSSR count). The summed E-state index contributed by atoms with van der Waals surface area (Å²) in [6.07, 6.45) is 2.15. The molecule has 140 valence electrons. The summed E-state index contributed by atoms with van der Waals surface area (Å²) in [7, 11) is 1.52. The minimum absolute atomic E-state index is 0.0950. The lowest BCUT2D eigenvalue weighted by Gasteiger charge is -2.22. The third kappa shape index (κ3) is 2.95. The molecule has 2 heterocycles. The molecule has 5 nitrogen and oxygen atoms in total. The van der Waals surface area contributed by atoms with Crippen LogP contribution in [0.1, 0.15) is 18.4 Å². The average molecular weight is 364 g/mol. The van der Waals surface area contributed by atoms with E-state index in [2.05, 4.69) is 6.58 Å². The zero-order chi connectivity index (χ0) is 18.9. The van der Waals surface area contributed by atoms with Crippen molar-refractivity contribution < 1.29 is 23.1 Å². The molecule has 2 fully saturated rings. The van der Waals surface area contributed by atoms with Crippen LogP contribution in [0.5, 0.6) is 5.75 Å². The van der Waals surface area contributed by atoms with Crippen LogP contribution in [0.15, 0.2) is 36.9 Å². The molecule has 0 N–H and O–H groups in total. The number of fused-ring (bicyclic) bond motifs is 1. The van der Waals surface area contributed by atoms with Crippen molar-refractivity contribution in [1.29, 1.82) is 0 Å². The molecule has 0 aliphatic carbocycles. The van der Waals surface area contributed by atoms with Gasteiger partial charge in [-0.15, -0.1) is 6.58 Å². The molecule has 2 saturated heterocycles. The maximum atomic E-state index is 15.3. The number of hydrogen-bond donors (Lipinski definition) is 0. The summed E-state index contributed by atoms with van der Waals surface area (Å²) in [6.45, 7) is 2.32. The summed E-state index contributed by atoms with van der Waals surface area (Å²) in [5.74, 6) is -0.652. The highest BCUT2D eigenvalue weighted by Crippen LogP contribution is 2.46. The van der Waals surface area contributed by atoms with E-state index in [4.69, 9.17) is 4.74 Å². The van der Waals surface area contributed by atoms with Gasteiger partial charge in [0.25, 0.3) is 5.91 Å². The Kier molecular flexibility index (Phi) is 4.73. The van der Waals surface area contributed by atoms with Gasteiger partial charge >= 0.3 is 0 Å². The van der Waals surface area contributed by atoms with Crippen molar-refractivity contribution in [2.24, 2.45) is 0 Å². The number of alkyl halides is 2. The van der Waals surface area contributed by atoms with E-state index in [1.807, 2.05) is 0 Å². The van der Waals surface area contributed by atoms with E-state index < -0.39 is 30.3 Å². The molecule has 26 heavy (non-hydrogen) atoms. The summed E-state index contributed by atoms with van der Waals surface area (Å²) < 4.78 is 35.7. The Balaban J connectivity index is 1.74. The van der Waals surface area contributed by atoms with Crippen LogP contribution < -0.4 is 4.74 Å². The zero-order valence-corrected chi connectivity index (χ0v) is 14.7. The van der Waals surface area contributed by atoms with Gasteiger partial charge < -0.3 is 14.5 Å². The van der Waals surface area contributed by atoms with Crippen molar-refractivity contribution in [3.05, 3.63) is 42.5 Å². The van der Waals surface area contributed by atoms with E-state index in [0.29, 0.717) is 12.2 Å². The van der Waals surface area contributed by atoms with Crippen molar-refractivity contribution in [2.45, 2.75) is 30.7 Å². The van der Waals surface area contributed by atoms with Gasteiger partial charge in [-0.3, -0.25) is 9.59 Å². The molecule has 1 aromatic rings. The summed E-state index contributed by atoms with van der Waals surface area (Å²) in [5, 5.41) is 0. The smallest absolute Gasteiger partial charge is 0.266 e. The lowest BCUT2D eigenvalue weighted by atomic mass is 9.93. The number of ether oxygens (including phenoxy) is 1. The second-order valence-electron chi connectivity index (χ2n) is 6.86. The molecule has 0 saturated carbocycles. The number of hydrogen-bond acceptors (Lipinski definition) is 3. The van der Waals surface area contributed by atoms with E-state index in [-0.39, 0.29) is 25.4 Å². The first kappa shape index (κ1) is 18.4. The maximum absolute atomic E-state index is 15.3. The number of allylic oxidation sites excluding steroid dienone is 1. The highest BCUT2D eigenvalue weighted by atomic mass is 19.2. The van der Waals surface area contributed by atoms with Crippen LogP contribution in [0.2, 0.25) is 0 Å². The lowest BCUT2D eigenvalue weighted by Crippen LogP contribution is -2.47. The molecule has 2 aliphatic rings. The maximum Gasteiger partial charge on any atom is 0.266 e. The Bertz CT molecular complexity index is 741. The number of nitrogens with zero attached hydrogens (tertiary/aromatic N) is 2. The van der Waals surface area contributed by atoms with Crippen LogP contribution in [-0.4, -0.2) is 59.7 Å². The van der Waals surface area contributed by atoms with E-state index in [0.717, 1.165) is 10.5 Å². The number of carbonyl (C=O) groups is 2. The third-order valence-corrected chi connectivity index (χ3v) is 5.05. The molecule has 7 heteroatoms. The highest BCUT2D eigenvalue weighted by molar-refractivity contribution is 5.92. The molecule has 0 spiro atoms. The monoisotopic (exact) mass is 364 g/mol. The zero-order valence-electron chi connectivity index (χ0n) is 14.7. The van der Waals surface area contributed by atoms with Gasteiger partial charge in [0.05, 0.1) is 26.7 Å². The van der Waals surface area contributed by atoms with Crippen molar-refractivity contribution in [3.63, 3.8) is 0 Å². The van der Waals surface area contributed by atoms with Gasteiger partial charge in [0, 0.05) is 13.0 Å². The standard InChI is InChI=1S/C19H22F2N2O3/c1-3-4-8-16(24)23-12-18(20)11-22(17(25)19(18,21)13-23)10-14-6-5-7-15(9-14)26-2/h3,5-7,9H,1,4,8,10-13H2,2H3/t18-,19-/m1/s1. The number of benzene rings is 1. The fourth-order valence-corrected chi connectivity index (χ4v) is 3.63. The predicted molar refractivity (Wildman–Crippen MR) is 92.1 cm³/mol. The number of likely N-dealkylation sites (tertiary alicyclic amines) is 2. The first-order valence-corrected chi connectivity index (χ1v) is 8.52. The molecule has 0 unspecified atom stereocenters. The molecule has 2 aliphatic heterocycles. The van der Waals surface area contributed by atoms with Crippen LogP contribution in [0.25, 0.3) is 0 Å². The van der Waals surface area contributed by atoms with Gasteiger partial charge in [0.1, 0.15) is 5.75 Å². The number of halogens is 2. The molecule has 0 radical (unpaired) electrons. The number of amides is 2. The van der Waals surface area contributed by atoms with Crippen molar-refractivity contribution >= 4 is 11.8 Å². The van der Waals surface area contributed by atoms with Crippen LogP contribution in [0, 0.1) is 0 Å². The Morgan fingerprint density at radius 1 is 1.35 bits per heavy atom. The van der Waals surface area contributed by atoms with Crippen LogP contribution >= 0.6 is 0 Å². The second kappa shape index (κ2) is 6.70. The Morgan fingerprint density at radius 3 is 2.77 bits per heavy atom. The highest BCUT2D eigenvalue weighted by Gasteiger charge is 2.71. The first-order valence-electron chi connectivity index (χ1n) is 8.52. The molecule has 1 aromatic carbocycles. The molecular formula is C19H22F2N2O3. The van der Waals surface area contributed by atoms with Gasteiger partial charge in [0.2, 0.25) is 11.6 Å². The SMILES string of the molecule is C=CCCC(=O)N1C[C@]2(F)CN(Cc3cccc(OC)c3)C(=O)[C@]2(F)C1. The first-order chi connectivity index (χ1) is 12.3. The fourth-order valence-electron chi connectivity index (χ4n) is 3.63. The normalized spacial score (nSPS) is 27.6. The summed E-state index contributed by atoms with van der Waals surface area (Å²) >= 11 is 0. The summed E-state index contributed by atoms with van der Waals surface area (Å²) in [5.41, 5.74) is -4.34. The van der Waals surface area contributed by atoms with Crippen molar-refractivity contribution in [3.8, 4) is 5.75 Å². The summed E-state index contributed by atoms with van der Waals surface area (Å²) in [4.78, 5) is 27.0. The van der Waals surface area contributed by atoms with Gasteiger partial charge in [-0.1, -0.05) is 18.2 Å². The summed E-state index contributed by atoms with van der Waals surface area (Å²) in [6, 6.07) is 7.00. The number of rotatable bonds is 6. The van der Waals surface area contributed by atoms with Gasteiger partial charge in [0.15, 0.2) is 5.67 Å². The minimum Gasteiger partial charge on any atom is -0.497 e. The van der Waals surface area contributed by atoms with Crippen LogP contribution in [-0.2, 0) is 16.1 Å². The number of carbonyl (C=O) groups excluding carboxylic acids is 2. The van der Waals surface area contributed by atoms with Crippen LogP contribution in [0.3, 0.4) is 0 Å². The lowest BCUT2D eigenvalue weighted by molar-refractivity contribution is -0.140. The second-order valence-corrected chi connectivity index (χ2v) is 6.86. The van der Waals surface area contributed by atoms with Gasteiger partial charge in [-0.2, -0.15) is 0 Å². The average Bonchev–Trinajstić information content (AvgIpc) is 2.99. The Morgan fingerprint density at radius 2 is 2.12 bits per heavy atom. The van der Waals surface area contributed by atoms with Crippen molar-refractivity contribution in [2.75, 3.05) is 26.7 Å². The van der Waals surface area contributed by atoms with Crippen molar-refractivity contribution in [1.82, 2.24) is 9.80 Å². The molecule has 0 aromatic heterocycles. The molecule has 0 bridgehead atoms. The van der Waals surface area contributed by atoms with E-state index in [1.165, 1.54) is 12.0 Å². The van der Waals surface area contributed by atoms with E-state index >= 15 is 8.78 Å². The quantitative estimate of drug-likeness (QED) is 0.728.